The Morgan fingerprint density at radius 1 is 1.28 bits per heavy atom. The smallest absolute Gasteiger partial charge is 0.303 e. The molecule has 0 N–H and O–H groups in total. The van der Waals surface area contributed by atoms with Crippen molar-refractivity contribution in [2.24, 2.45) is 17.3 Å². The molecule has 18 heavy (non-hydrogen) atoms. The summed E-state index contributed by atoms with van der Waals surface area (Å²) in [5.74, 6) is 0.974. The van der Waals surface area contributed by atoms with Crippen LogP contribution in [0.3, 0.4) is 0 Å². The number of allylic oxidation sites excluding steroid dienone is 1. The highest BCUT2D eigenvalue weighted by molar-refractivity contribution is 5.66. The molecule has 0 aromatic rings. The third-order valence-corrected chi connectivity index (χ3v) is 5.08. The number of hydrogen-bond donors (Lipinski definition) is 0. The largest absolute Gasteiger partial charge is 0.460 e. The maximum absolute atomic E-state index is 11.3. The number of carbonyl (C=O) groups excluding carboxylic acids is 1. The van der Waals surface area contributed by atoms with Crippen molar-refractivity contribution in [2.45, 2.75) is 65.4 Å². The molecule has 2 aliphatic carbocycles. The first-order valence-corrected chi connectivity index (χ1v) is 7.12. The van der Waals surface area contributed by atoms with Crippen LogP contribution in [0.1, 0.15) is 59.8 Å². The van der Waals surface area contributed by atoms with E-state index in [0.717, 1.165) is 19.3 Å². The zero-order chi connectivity index (χ0) is 13.6. The van der Waals surface area contributed by atoms with E-state index in [1.165, 1.54) is 25.3 Å². The maximum Gasteiger partial charge on any atom is 0.303 e. The topological polar surface area (TPSA) is 26.3 Å². The van der Waals surface area contributed by atoms with E-state index < -0.39 is 0 Å². The highest BCUT2D eigenvalue weighted by Crippen LogP contribution is 2.53. The molecule has 3 unspecified atom stereocenters. The molecule has 0 radical (unpaired) electrons. The molecule has 0 saturated heterocycles. The summed E-state index contributed by atoms with van der Waals surface area (Å²) in [5.41, 5.74) is 1.48. The Hall–Kier alpha value is -0.790. The molecule has 3 atom stereocenters. The molecule has 2 saturated carbocycles. The van der Waals surface area contributed by atoms with Gasteiger partial charge in [0.25, 0.3) is 0 Å². The van der Waals surface area contributed by atoms with Gasteiger partial charge in [-0.1, -0.05) is 26.0 Å². The molecule has 102 valence electrons. The fraction of sp³-hybridized carbons (Fsp3) is 0.812. The molecule has 2 bridgehead atoms. The number of ether oxygens (including phenoxy) is 1. The molecule has 2 nitrogen and oxygen atoms in total. The molecule has 0 spiro atoms. The van der Waals surface area contributed by atoms with Gasteiger partial charge in [0, 0.05) is 6.92 Å². The van der Waals surface area contributed by atoms with Crippen LogP contribution in [0.2, 0.25) is 0 Å². The number of carbonyl (C=O) groups is 1. The van der Waals surface area contributed by atoms with E-state index in [4.69, 9.17) is 4.74 Å². The van der Waals surface area contributed by atoms with Gasteiger partial charge < -0.3 is 4.74 Å². The van der Waals surface area contributed by atoms with E-state index in [1.54, 1.807) is 0 Å². The summed E-state index contributed by atoms with van der Waals surface area (Å²) in [7, 11) is 0. The molecule has 0 aromatic heterocycles. The van der Waals surface area contributed by atoms with Gasteiger partial charge in [0.1, 0.15) is 5.60 Å². The van der Waals surface area contributed by atoms with Crippen LogP contribution in [-0.4, -0.2) is 11.6 Å². The minimum Gasteiger partial charge on any atom is -0.460 e. The van der Waals surface area contributed by atoms with E-state index >= 15 is 0 Å². The van der Waals surface area contributed by atoms with Gasteiger partial charge in [0.05, 0.1) is 0 Å². The minimum atomic E-state index is -0.283. The van der Waals surface area contributed by atoms with Crippen molar-refractivity contribution in [3.63, 3.8) is 0 Å². The number of esters is 1. The van der Waals surface area contributed by atoms with Crippen molar-refractivity contribution < 1.29 is 9.53 Å². The van der Waals surface area contributed by atoms with Gasteiger partial charge in [0.2, 0.25) is 0 Å². The lowest BCUT2D eigenvalue weighted by Crippen LogP contribution is -2.34. The SMILES string of the molecule is C=C1C2CCC(C)(C)C1CCC(C)(OC(C)=O)C2. The number of fused-ring (bicyclic) bond motifs is 2. The Kier molecular flexibility index (Phi) is 3.33. The summed E-state index contributed by atoms with van der Waals surface area (Å²) in [6.07, 6.45) is 5.48. The van der Waals surface area contributed by atoms with Gasteiger partial charge in [-0.05, 0) is 56.3 Å². The van der Waals surface area contributed by atoms with Gasteiger partial charge in [-0.15, -0.1) is 0 Å². The van der Waals surface area contributed by atoms with E-state index in [0.29, 0.717) is 17.3 Å². The second kappa shape index (κ2) is 4.40. The molecule has 2 fully saturated rings. The molecule has 2 aliphatic rings. The third-order valence-electron chi connectivity index (χ3n) is 5.08. The Labute approximate surface area is 111 Å². The molecule has 0 amide bonds. The Morgan fingerprint density at radius 2 is 1.94 bits per heavy atom. The monoisotopic (exact) mass is 250 g/mol. The predicted molar refractivity (Wildman–Crippen MR) is 73.2 cm³/mol. The normalized spacial score (nSPS) is 39.0. The highest BCUT2D eigenvalue weighted by Gasteiger charge is 2.45. The zero-order valence-electron chi connectivity index (χ0n) is 12.2. The zero-order valence-corrected chi connectivity index (χ0v) is 12.2. The minimum absolute atomic E-state index is 0.154. The van der Waals surface area contributed by atoms with Crippen LogP contribution in [0.15, 0.2) is 12.2 Å². The second-order valence-corrected chi connectivity index (χ2v) is 7.14. The predicted octanol–water partition coefficient (Wildman–Crippen LogP) is 4.10. The van der Waals surface area contributed by atoms with Gasteiger partial charge >= 0.3 is 5.97 Å². The van der Waals surface area contributed by atoms with Crippen LogP contribution in [0.25, 0.3) is 0 Å². The van der Waals surface area contributed by atoms with Crippen LogP contribution in [0.4, 0.5) is 0 Å². The quantitative estimate of drug-likeness (QED) is 0.517. The Balaban J connectivity index is 2.22. The summed E-state index contributed by atoms with van der Waals surface area (Å²) < 4.78 is 5.60. The van der Waals surface area contributed by atoms with Crippen LogP contribution in [0, 0.1) is 17.3 Å². The summed E-state index contributed by atoms with van der Waals surface area (Å²) >= 11 is 0. The van der Waals surface area contributed by atoms with Crippen molar-refractivity contribution in [2.75, 3.05) is 0 Å². The lowest BCUT2D eigenvalue weighted by atomic mass is 9.62. The number of hydrogen-bond acceptors (Lipinski definition) is 2. The van der Waals surface area contributed by atoms with Crippen molar-refractivity contribution in [3.05, 3.63) is 12.2 Å². The Bertz CT molecular complexity index is 369. The Morgan fingerprint density at radius 3 is 2.56 bits per heavy atom. The lowest BCUT2D eigenvalue weighted by Gasteiger charge is -2.43. The third kappa shape index (κ3) is 2.48. The average molecular weight is 250 g/mol. The lowest BCUT2D eigenvalue weighted by molar-refractivity contribution is -0.157. The van der Waals surface area contributed by atoms with Crippen molar-refractivity contribution in [1.29, 1.82) is 0 Å². The molecule has 0 heterocycles. The van der Waals surface area contributed by atoms with Crippen molar-refractivity contribution >= 4 is 5.97 Å². The van der Waals surface area contributed by atoms with Crippen LogP contribution in [-0.2, 0) is 9.53 Å². The fourth-order valence-corrected chi connectivity index (χ4v) is 4.01. The first-order chi connectivity index (χ1) is 8.23. The molecular formula is C16H26O2. The highest BCUT2D eigenvalue weighted by atomic mass is 16.6. The molecule has 2 heteroatoms. The fourth-order valence-electron chi connectivity index (χ4n) is 4.01. The molecular weight excluding hydrogens is 224 g/mol. The molecule has 2 rings (SSSR count). The number of rotatable bonds is 1. The van der Waals surface area contributed by atoms with Crippen LogP contribution < -0.4 is 0 Å². The van der Waals surface area contributed by atoms with Gasteiger partial charge in [-0.25, -0.2) is 0 Å². The molecule has 0 aromatic carbocycles. The van der Waals surface area contributed by atoms with E-state index in [2.05, 4.69) is 27.4 Å². The summed E-state index contributed by atoms with van der Waals surface area (Å²) in [4.78, 5) is 11.3. The molecule has 0 aliphatic heterocycles. The van der Waals surface area contributed by atoms with Crippen LogP contribution in [0.5, 0.6) is 0 Å². The summed E-state index contributed by atoms with van der Waals surface area (Å²) in [6, 6.07) is 0. The van der Waals surface area contributed by atoms with Gasteiger partial charge in [0.15, 0.2) is 0 Å². The van der Waals surface area contributed by atoms with E-state index in [-0.39, 0.29) is 11.6 Å². The van der Waals surface area contributed by atoms with E-state index in [9.17, 15) is 4.79 Å². The van der Waals surface area contributed by atoms with Gasteiger partial charge in [-0.2, -0.15) is 0 Å². The second-order valence-electron chi connectivity index (χ2n) is 7.14. The maximum atomic E-state index is 11.3. The van der Waals surface area contributed by atoms with Crippen molar-refractivity contribution in [1.82, 2.24) is 0 Å². The summed E-state index contributed by atoms with van der Waals surface area (Å²) in [6.45, 7) is 12.7. The van der Waals surface area contributed by atoms with Gasteiger partial charge in [-0.3, -0.25) is 4.79 Å². The first kappa shape index (κ1) is 13.6. The van der Waals surface area contributed by atoms with Crippen LogP contribution >= 0.6 is 0 Å². The summed E-state index contributed by atoms with van der Waals surface area (Å²) in [5, 5.41) is 0. The van der Waals surface area contributed by atoms with E-state index in [1.807, 2.05) is 0 Å². The average Bonchev–Trinajstić information content (AvgIpc) is 2.29. The van der Waals surface area contributed by atoms with Crippen molar-refractivity contribution in [3.8, 4) is 0 Å². The standard InChI is InChI=1S/C16H26O2/c1-11-13-6-8-15(3,4)14(11)7-9-16(5,10-13)18-12(2)17/h13-14H,1,6-10H2,2-5H3. The first-order valence-electron chi connectivity index (χ1n) is 7.12.